The Hall–Kier alpha value is -1.69. The largest absolute Gasteiger partial charge is 0.464 e. The molecule has 1 heterocycles. The summed E-state index contributed by atoms with van der Waals surface area (Å²) < 4.78 is 4.58. The fourth-order valence-corrected chi connectivity index (χ4v) is 2.52. The predicted molar refractivity (Wildman–Crippen MR) is 76.7 cm³/mol. The molecule has 1 N–H and O–H groups in total. The van der Waals surface area contributed by atoms with Gasteiger partial charge in [-0.3, -0.25) is 0 Å². The molecule has 1 aliphatic carbocycles. The smallest absolute Gasteiger partial charge is 0.358 e. The first-order chi connectivity index (χ1) is 9.70. The number of hydrogen-bond donors (Lipinski definition) is 1. The van der Waals surface area contributed by atoms with Gasteiger partial charge in [0, 0.05) is 19.1 Å². The molecule has 0 unspecified atom stereocenters. The van der Waals surface area contributed by atoms with Crippen LogP contribution < -0.4 is 5.32 Å². The van der Waals surface area contributed by atoms with Gasteiger partial charge in [0.05, 0.1) is 19.5 Å². The molecule has 0 radical (unpaired) electrons. The Morgan fingerprint density at radius 2 is 2.15 bits per heavy atom. The van der Waals surface area contributed by atoms with Crippen molar-refractivity contribution in [3.05, 3.63) is 18.1 Å². The van der Waals surface area contributed by atoms with E-state index in [1.54, 1.807) is 6.20 Å². The standard InChI is InChI=1S/C14H22N4O2/c1-18(11-5-3-4-6-11)8-7-15-13-10-16-12(9-17-13)14(19)20-2/h9-11H,3-8H2,1-2H3,(H,15,17). The summed E-state index contributed by atoms with van der Waals surface area (Å²) in [5.41, 5.74) is 0.223. The van der Waals surface area contributed by atoms with Crippen LogP contribution in [0.15, 0.2) is 12.4 Å². The lowest BCUT2D eigenvalue weighted by atomic mass is 10.2. The summed E-state index contributed by atoms with van der Waals surface area (Å²) in [6.45, 7) is 1.80. The number of ether oxygens (including phenoxy) is 1. The quantitative estimate of drug-likeness (QED) is 0.796. The number of methoxy groups -OCH3 is 1. The lowest BCUT2D eigenvalue weighted by molar-refractivity contribution is 0.0593. The van der Waals surface area contributed by atoms with E-state index in [0.29, 0.717) is 5.82 Å². The molecular weight excluding hydrogens is 256 g/mol. The number of hydrogen-bond acceptors (Lipinski definition) is 6. The van der Waals surface area contributed by atoms with Crippen LogP contribution in [0, 0.1) is 0 Å². The molecule has 6 nitrogen and oxygen atoms in total. The Labute approximate surface area is 119 Å². The lowest BCUT2D eigenvalue weighted by Crippen LogP contribution is -2.33. The van der Waals surface area contributed by atoms with Crippen molar-refractivity contribution >= 4 is 11.8 Å². The molecular formula is C14H22N4O2. The van der Waals surface area contributed by atoms with Crippen LogP contribution in [0.25, 0.3) is 0 Å². The third kappa shape index (κ3) is 3.90. The Kier molecular flexibility index (Phi) is 5.29. The molecule has 0 bridgehead atoms. The molecule has 0 amide bonds. The molecule has 0 aliphatic heterocycles. The maximum Gasteiger partial charge on any atom is 0.358 e. The molecule has 1 saturated carbocycles. The van der Waals surface area contributed by atoms with Gasteiger partial charge in [0.2, 0.25) is 0 Å². The molecule has 0 saturated heterocycles. The molecule has 1 fully saturated rings. The van der Waals surface area contributed by atoms with Gasteiger partial charge in [-0.1, -0.05) is 12.8 Å². The number of likely N-dealkylation sites (N-methyl/N-ethyl adjacent to an activating group) is 1. The zero-order valence-electron chi connectivity index (χ0n) is 12.1. The summed E-state index contributed by atoms with van der Waals surface area (Å²) in [5.74, 6) is 0.211. The second kappa shape index (κ2) is 7.19. The van der Waals surface area contributed by atoms with Crippen LogP contribution in [0.1, 0.15) is 36.2 Å². The lowest BCUT2D eigenvalue weighted by Gasteiger charge is -2.23. The predicted octanol–water partition coefficient (Wildman–Crippen LogP) is 1.55. The first-order valence-electron chi connectivity index (χ1n) is 7.05. The highest BCUT2D eigenvalue weighted by molar-refractivity contribution is 5.86. The van der Waals surface area contributed by atoms with E-state index in [1.165, 1.54) is 39.0 Å². The Bertz CT molecular complexity index is 429. The summed E-state index contributed by atoms with van der Waals surface area (Å²) in [4.78, 5) is 21.8. The van der Waals surface area contributed by atoms with Crippen molar-refractivity contribution in [2.24, 2.45) is 0 Å². The van der Waals surface area contributed by atoms with Gasteiger partial charge < -0.3 is 15.0 Å². The number of carbonyl (C=O) groups excluding carboxylic acids is 1. The second-order valence-electron chi connectivity index (χ2n) is 5.12. The molecule has 1 aromatic rings. The fraction of sp³-hybridized carbons (Fsp3) is 0.643. The van der Waals surface area contributed by atoms with E-state index in [2.05, 4.69) is 32.0 Å². The van der Waals surface area contributed by atoms with Gasteiger partial charge in [0.1, 0.15) is 5.82 Å². The van der Waals surface area contributed by atoms with Gasteiger partial charge in [0.25, 0.3) is 0 Å². The number of aromatic nitrogens is 2. The highest BCUT2D eigenvalue weighted by Gasteiger charge is 2.18. The van der Waals surface area contributed by atoms with Gasteiger partial charge >= 0.3 is 5.97 Å². The zero-order valence-corrected chi connectivity index (χ0v) is 12.1. The maximum atomic E-state index is 11.2. The molecule has 1 aliphatic rings. The van der Waals surface area contributed by atoms with E-state index in [-0.39, 0.29) is 5.69 Å². The highest BCUT2D eigenvalue weighted by atomic mass is 16.5. The summed E-state index contributed by atoms with van der Waals surface area (Å²) in [5, 5.41) is 3.22. The summed E-state index contributed by atoms with van der Waals surface area (Å²) >= 11 is 0. The van der Waals surface area contributed by atoms with Gasteiger partial charge in [-0.05, 0) is 19.9 Å². The van der Waals surface area contributed by atoms with Gasteiger partial charge in [-0.2, -0.15) is 0 Å². The van der Waals surface area contributed by atoms with Crippen molar-refractivity contribution in [2.75, 3.05) is 32.6 Å². The number of nitrogens with one attached hydrogen (secondary N) is 1. The number of rotatable bonds is 6. The molecule has 20 heavy (non-hydrogen) atoms. The average molecular weight is 278 g/mol. The monoisotopic (exact) mass is 278 g/mol. The Balaban J connectivity index is 1.75. The van der Waals surface area contributed by atoms with E-state index in [9.17, 15) is 4.79 Å². The summed E-state index contributed by atoms with van der Waals surface area (Å²) in [6, 6.07) is 0.726. The maximum absolute atomic E-state index is 11.2. The van der Waals surface area contributed by atoms with Gasteiger partial charge in [-0.25, -0.2) is 14.8 Å². The van der Waals surface area contributed by atoms with E-state index in [4.69, 9.17) is 0 Å². The normalized spacial score (nSPS) is 15.6. The van der Waals surface area contributed by atoms with Crippen LogP contribution in [0.2, 0.25) is 0 Å². The minimum atomic E-state index is -0.468. The minimum Gasteiger partial charge on any atom is -0.464 e. The van der Waals surface area contributed by atoms with Gasteiger partial charge in [-0.15, -0.1) is 0 Å². The molecule has 0 atom stereocenters. The van der Waals surface area contributed by atoms with E-state index in [0.717, 1.165) is 19.1 Å². The third-order valence-corrected chi connectivity index (χ3v) is 3.77. The topological polar surface area (TPSA) is 67.3 Å². The van der Waals surface area contributed by atoms with E-state index < -0.39 is 5.97 Å². The molecule has 0 spiro atoms. The number of anilines is 1. The van der Waals surface area contributed by atoms with Crippen LogP contribution in [-0.2, 0) is 4.74 Å². The number of carbonyl (C=O) groups is 1. The SMILES string of the molecule is COC(=O)c1cnc(NCCN(C)C2CCCC2)cn1. The third-order valence-electron chi connectivity index (χ3n) is 3.77. The highest BCUT2D eigenvalue weighted by Crippen LogP contribution is 2.21. The first-order valence-corrected chi connectivity index (χ1v) is 7.05. The number of esters is 1. The van der Waals surface area contributed by atoms with E-state index in [1.807, 2.05) is 0 Å². The molecule has 6 heteroatoms. The van der Waals surface area contributed by atoms with Crippen LogP contribution >= 0.6 is 0 Å². The van der Waals surface area contributed by atoms with Crippen molar-refractivity contribution < 1.29 is 9.53 Å². The Morgan fingerprint density at radius 3 is 2.75 bits per heavy atom. The van der Waals surface area contributed by atoms with Gasteiger partial charge in [0.15, 0.2) is 5.69 Å². The fourth-order valence-electron chi connectivity index (χ4n) is 2.52. The van der Waals surface area contributed by atoms with E-state index >= 15 is 0 Å². The summed E-state index contributed by atoms with van der Waals surface area (Å²) in [7, 11) is 3.50. The summed E-state index contributed by atoms with van der Waals surface area (Å²) in [6.07, 6.45) is 8.30. The van der Waals surface area contributed by atoms with Crippen molar-refractivity contribution in [3.8, 4) is 0 Å². The van der Waals surface area contributed by atoms with Crippen LogP contribution in [-0.4, -0.2) is 54.1 Å². The van der Waals surface area contributed by atoms with Crippen LogP contribution in [0.4, 0.5) is 5.82 Å². The van der Waals surface area contributed by atoms with Crippen LogP contribution in [0.5, 0.6) is 0 Å². The van der Waals surface area contributed by atoms with Crippen molar-refractivity contribution in [1.29, 1.82) is 0 Å². The average Bonchev–Trinajstić information content (AvgIpc) is 3.01. The molecule has 1 aromatic heterocycles. The zero-order chi connectivity index (χ0) is 14.4. The molecule has 2 rings (SSSR count). The van der Waals surface area contributed by atoms with Crippen molar-refractivity contribution in [3.63, 3.8) is 0 Å². The van der Waals surface area contributed by atoms with Crippen molar-refractivity contribution in [2.45, 2.75) is 31.7 Å². The second-order valence-corrected chi connectivity index (χ2v) is 5.12. The first kappa shape index (κ1) is 14.7. The number of nitrogens with zero attached hydrogens (tertiary/aromatic N) is 3. The van der Waals surface area contributed by atoms with Crippen LogP contribution in [0.3, 0.4) is 0 Å². The molecule has 110 valence electrons. The van der Waals surface area contributed by atoms with Crippen molar-refractivity contribution in [1.82, 2.24) is 14.9 Å². The molecule has 0 aromatic carbocycles. The Morgan fingerprint density at radius 1 is 1.40 bits per heavy atom. The minimum absolute atomic E-state index is 0.223.